The Balaban J connectivity index is 1.61. The van der Waals surface area contributed by atoms with Crippen molar-refractivity contribution >= 4 is 69.7 Å². The molecule has 0 bridgehead atoms. The van der Waals surface area contributed by atoms with E-state index >= 15 is 0 Å². The highest BCUT2D eigenvalue weighted by molar-refractivity contribution is 7.26. The highest BCUT2D eigenvalue weighted by atomic mass is 32.1. The van der Waals surface area contributed by atoms with E-state index in [-0.39, 0.29) is 0 Å². The van der Waals surface area contributed by atoms with E-state index < -0.39 is 0 Å². The van der Waals surface area contributed by atoms with Crippen LogP contribution in [0.1, 0.15) is 12.5 Å². The first kappa shape index (κ1) is 18.2. The number of rotatable bonds is 3. The van der Waals surface area contributed by atoms with Crippen molar-refractivity contribution in [3.63, 3.8) is 0 Å². The van der Waals surface area contributed by atoms with Gasteiger partial charge in [-0.3, -0.25) is 0 Å². The van der Waals surface area contributed by atoms with Gasteiger partial charge < -0.3 is 4.98 Å². The topological polar surface area (TPSA) is 15.8 Å². The second kappa shape index (κ2) is 6.97. The van der Waals surface area contributed by atoms with Crippen LogP contribution in [0.25, 0.3) is 58.3 Å². The quantitative estimate of drug-likeness (QED) is 0.278. The zero-order valence-electron chi connectivity index (χ0n) is 17.3. The van der Waals surface area contributed by atoms with Crippen LogP contribution in [0.4, 0.5) is 0 Å². The van der Waals surface area contributed by atoms with Gasteiger partial charge in [0.2, 0.25) is 0 Å². The van der Waals surface area contributed by atoms with E-state index in [0.717, 1.165) is 16.7 Å². The molecule has 0 aliphatic carbocycles. The highest BCUT2D eigenvalue weighted by Crippen LogP contribution is 2.40. The summed E-state index contributed by atoms with van der Waals surface area (Å²) in [6, 6.07) is 24.4. The molecule has 0 atom stereocenters. The van der Waals surface area contributed by atoms with Crippen molar-refractivity contribution < 1.29 is 0 Å². The van der Waals surface area contributed by atoms with Gasteiger partial charge in [0.05, 0.1) is 0 Å². The van der Waals surface area contributed by atoms with E-state index in [0.29, 0.717) is 0 Å². The van der Waals surface area contributed by atoms with Crippen LogP contribution in [0.2, 0.25) is 0 Å². The zero-order chi connectivity index (χ0) is 20.9. The lowest BCUT2D eigenvalue weighted by Gasteiger charge is -2.03. The molecule has 0 aliphatic rings. The maximum atomic E-state index is 4.25. The molecule has 6 rings (SSSR count). The number of fused-ring (bicyclic) bond motifs is 8. The molecule has 2 aromatic heterocycles. The van der Waals surface area contributed by atoms with Crippen LogP contribution in [-0.2, 0) is 0 Å². The van der Waals surface area contributed by atoms with Crippen LogP contribution in [0.15, 0.2) is 97.6 Å². The first-order valence-electron chi connectivity index (χ1n) is 10.5. The van der Waals surface area contributed by atoms with Crippen LogP contribution >= 0.6 is 11.3 Å². The number of H-pyrrole nitrogens is 1. The molecule has 31 heavy (non-hydrogen) atoms. The van der Waals surface area contributed by atoms with Crippen LogP contribution in [0.3, 0.4) is 0 Å². The molecule has 0 fully saturated rings. The van der Waals surface area contributed by atoms with Gasteiger partial charge >= 0.3 is 0 Å². The number of nitrogens with one attached hydrogen (secondary N) is 1. The summed E-state index contributed by atoms with van der Waals surface area (Å²) in [5.74, 6) is 0. The molecule has 0 saturated carbocycles. The van der Waals surface area contributed by atoms with Crippen LogP contribution in [-0.4, -0.2) is 4.98 Å². The van der Waals surface area contributed by atoms with E-state index in [1.54, 1.807) is 0 Å². The smallest absolute Gasteiger partial charge is 0.0471 e. The third-order valence-corrected chi connectivity index (χ3v) is 7.18. The molecule has 6 aromatic rings. The molecule has 2 heteroatoms. The summed E-state index contributed by atoms with van der Waals surface area (Å²) in [5, 5.41) is 7.80. The summed E-state index contributed by atoms with van der Waals surface area (Å²) in [6.45, 7) is 6.26. The van der Waals surface area contributed by atoms with Gasteiger partial charge in [0.1, 0.15) is 0 Å². The Bertz CT molecular complexity index is 1710. The average molecular weight is 416 g/mol. The molecule has 1 N–H and O–H groups in total. The maximum Gasteiger partial charge on any atom is 0.0471 e. The summed E-state index contributed by atoms with van der Waals surface area (Å²) in [4.78, 5) is 3.64. The van der Waals surface area contributed by atoms with Crippen LogP contribution in [0, 0.1) is 0 Å². The molecular weight excluding hydrogens is 394 g/mol. The van der Waals surface area contributed by atoms with Crippen LogP contribution < -0.4 is 0 Å². The van der Waals surface area contributed by atoms with Crippen molar-refractivity contribution in [3.05, 3.63) is 103 Å². The minimum atomic E-state index is 1.02. The minimum Gasteiger partial charge on any atom is -0.354 e. The van der Waals surface area contributed by atoms with Crippen molar-refractivity contribution in [2.45, 2.75) is 6.92 Å². The van der Waals surface area contributed by atoms with E-state index in [4.69, 9.17) is 0 Å². The molecule has 148 valence electrons. The molecule has 0 spiro atoms. The monoisotopic (exact) mass is 415 g/mol. The third kappa shape index (κ3) is 2.83. The largest absolute Gasteiger partial charge is 0.354 e. The summed E-state index contributed by atoms with van der Waals surface area (Å²) in [5.41, 5.74) is 4.50. The molecule has 0 aliphatic heterocycles. The lowest BCUT2D eigenvalue weighted by Crippen LogP contribution is -1.79. The molecule has 2 heterocycles. The summed E-state index contributed by atoms with van der Waals surface area (Å²) in [6.07, 6.45) is 8.14. The predicted molar refractivity (Wildman–Crippen MR) is 139 cm³/mol. The maximum absolute atomic E-state index is 4.25. The number of hydrogen-bond acceptors (Lipinski definition) is 1. The SMILES string of the molecule is C=C(/C=C\C=C/C)c1ccc2[nH]c3cc4c(ccc5sc6ccccc6c54)cc3c2c1. The fourth-order valence-electron chi connectivity index (χ4n) is 4.52. The summed E-state index contributed by atoms with van der Waals surface area (Å²) >= 11 is 1.87. The van der Waals surface area contributed by atoms with E-state index in [2.05, 4.69) is 84.4 Å². The lowest BCUT2D eigenvalue weighted by molar-refractivity contribution is 1.55. The van der Waals surface area contributed by atoms with Crippen molar-refractivity contribution in [1.29, 1.82) is 0 Å². The van der Waals surface area contributed by atoms with Gasteiger partial charge in [-0.15, -0.1) is 11.3 Å². The summed E-state index contributed by atoms with van der Waals surface area (Å²) < 4.78 is 2.69. The van der Waals surface area contributed by atoms with E-state index in [1.165, 1.54) is 47.2 Å². The van der Waals surface area contributed by atoms with Crippen molar-refractivity contribution in [3.8, 4) is 0 Å². The van der Waals surface area contributed by atoms with Gasteiger partial charge in [-0.1, -0.05) is 61.2 Å². The fraction of sp³-hybridized carbons (Fsp3) is 0.0345. The molecule has 0 radical (unpaired) electrons. The Morgan fingerprint density at radius 2 is 1.68 bits per heavy atom. The Morgan fingerprint density at radius 3 is 2.58 bits per heavy atom. The normalized spacial score (nSPS) is 12.5. The second-order valence-corrected chi connectivity index (χ2v) is 9.04. The Kier molecular flexibility index (Phi) is 4.09. The van der Waals surface area contributed by atoms with Gasteiger partial charge in [-0.05, 0) is 65.2 Å². The Labute approximate surface area is 184 Å². The number of aromatic nitrogens is 1. The third-order valence-electron chi connectivity index (χ3n) is 6.05. The average Bonchev–Trinajstić information content (AvgIpc) is 3.35. The van der Waals surface area contributed by atoms with E-state index in [1.807, 2.05) is 36.5 Å². The second-order valence-electron chi connectivity index (χ2n) is 7.95. The Morgan fingerprint density at radius 1 is 0.806 bits per heavy atom. The molecule has 0 unspecified atom stereocenters. The Hall–Kier alpha value is -3.62. The number of aromatic amines is 1. The van der Waals surface area contributed by atoms with Gasteiger partial charge in [-0.25, -0.2) is 0 Å². The van der Waals surface area contributed by atoms with Gasteiger partial charge in [-0.2, -0.15) is 0 Å². The first-order chi connectivity index (χ1) is 15.2. The van der Waals surface area contributed by atoms with Gasteiger partial charge in [0, 0.05) is 42.0 Å². The fourth-order valence-corrected chi connectivity index (χ4v) is 5.64. The minimum absolute atomic E-state index is 1.02. The van der Waals surface area contributed by atoms with Crippen LogP contribution in [0.5, 0.6) is 0 Å². The molecule has 1 nitrogen and oxygen atoms in total. The number of hydrogen-bond donors (Lipinski definition) is 1. The molecule has 4 aromatic carbocycles. The number of allylic oxidation sites excluding steroid dienone is 5. The lowest BCUT2D eigenvalue weighted by atomic mass is 10.00. The number of thiophene rings is 1. The van der Waals surface area contributed by atoms with Gasteiger partial charge in [0.25, 0.3) is 0 Å². The number of benzene rings is 4. The highest BCUT2D eigenvalue weighted by Gasteiger charge is 2.12. The molecule has 0 saturated heterocycles. The molecule has 0 amide bonds. The van der Waals surface area contributed by atoms with E-state index in [9.17, 15) is 0 Å². The van der Waals surface area contributed by atoms with Gasteiger partial charge in [0.15, 0.2) is 0 Å². The first-order valence-corrected chi connectivity index (χ1v) is 11.3. The standard InChI is InChI=1S/C29H21NS/c1-3-4-5-8-18(2)19-11-13-25-23(15-19)24-16-20-12-14-28-29(22(20)17-26(24)30-25)21-9-6-7-10-27(21)31-28/h3-17,30H,2H2,1H3/b4-3-,8-5-. The summed E-state index contributed by atoms with van der Waals surface area (Å²) in [7, 11) is 0. The van der Waals surface area contributed by atoms with Crippen molar-refractivity contribution in [2.24, 2.45) is 0 Å². The van der Waals surface area contributed by atoms with Crippen molar-refractivity contribution in [2.75, 3.05) is 0 Å². The van der Waals surface area contributed by atoms with Crippen molar-refractivity contribution in [1.82, 2.24) is 4.98 Å². The predicted octanol–water partition coefficient (Wildman–Crippen LogP) is 8.99. The molecular formula is C29H21NS. The zero-order valence-corrected chi connectivity index (χ0v) is 18.1.